The molecule has 1 aromatic rings. The number of nitrogens with one attached hydrogen (secondary N) is 1. The molecule has 6 heteroatoms. The monoisotopic (exact) mass is 284 g/mol. The number of hydrogen-bond acceptors (Lipinski definition) is 4. The molecule has 0 bridgehead atoms. The number of likely N-dealkylation sites (N-methyl/N-ethyl adjacent to an activating group) is 1. The third-order valence-corrected chi connectivity index (χ3v) is 5.28. The van der Waals surface area contributed by atoms with Gasteiger partial charge < -0.3 is 10.4 Å². The topological polar surface area (TPSA) is 69.6 Å². The van der Waals surface area contributed by atoms with Gasteiger partial charge in [0.1, 0.15) is 0 Å². The van der Waals surface area contributed by atoms with Gasteiger partial charge >= 0.3 is 0 Å². The second-order valence-electron chi connectivity index (χ2n) is 5.23. The number of sulfonamides is 1. The van der Waals surface area contributed by atoms with Crippen molar-refractivity contribution in [3.8, 4) is 0 Å². The summed E-state index contributed by atoms with van der Waals surface area (Å²) >= 11 is 0. The Bertz CT molecular complexity index is 534. The highest BCUT2D eigenvalue weighted by atomic mass is 32.2. The SMILES string of the molecule is Cc1ccc(S(=O)(=O)N(C)CC2(O)CCNC2)cc1. The molecule has 0 spiro atoms. The first kappa shape index (κ1) is 14.5. The molecular formula is C13H20N2O3S. The van der Waals surface area contributed by atoms with Crippen molar-refractivity contribution in [2.24, 2.45) is 0 Å². The molecule has 0 aliphatic carbocycles. The molecule has 0 radical (unpaired) electrons. The highest BCUT2D eigenvalue weighted by molar-refractivity contribution is 7.89. The van der Waals surface area contributed by atoms with E-state index in [1.807, 2.05) is 6.92 Å². The fourth-order valence-corrected chi connectivity index (χ4v) is 3.51. The Morgan fingerprint density at radius 1 is 1.37 bits per heavy atom. The average Bonchev–Trinajstić information content (AvgIpc) is 2.76. The van der Waals surface area contributed by atoms with E-state index in [-0.39, 0.29) is 11.4 Å². The van der Waals surface area contributed by atoms with Gasteiger partial charge in [-0.15, -0.1) is 0 Å². The molecule has 0 amide bonds. The molecule has 1 heterocycles. The lowest BCUT2D eigenvalue weighted by Gasteiger charge is -2.27. The normalized spacial score (nSPS) is 24.0. The van der Waals surface area contributed by atoms with Gasteiger partial charge in [-0.1, -0.05) is 17.7 Å². The summed E-state index contributed by atoms with van der Waals surface area (Å²) in [4.78, 5) is 0.259. The lowest BCUT2D eigenvalue weighted by Crippen LogP contribution is -2.45. The van der Waals surface area contributed by atoms with Gasteiger partial charge in [-0.05, 0) is 32.0 Å². The summed E-state index contributed by atoms with van der Waals surface area (Å²) in [5.74, 6) is 0. The van der Waals surface area contributed by atoms with Crippen molar-refractivity contribution in [3.05, 3.63) is 29.8 Å². The third-order valence-electron chi connectivity index (χ3n) is 3.47. The minimum absolute atomic E-state index is 0.107. The number of rotatable bonds is 4. The zero-order valence-electron chi connectivity index (χ0n) is 11.3. The maximum absolute atomic E-state index is 12.4. The summed E-state index contributed by atoms with van der Waals surface area (Å²) in [5.41, 5.74) is 0.0483. The van der Waals surface area contributed by atoms with Crippen molar-refractivity contribution < 1.29 is 13.5 Å². The molecule has 1 aliphatic heterocycles. The first-order valence-corrected chi connectivity index (χ1v) is 7.74. The van der Waals surface area contributed by atoms with Gasteiger partial charge in [0.25, 0.3) is 0 Å². The van der Waals surface area contributed by atoms with Crippen molar-refractivity contribution in [2.45, 2.75) is 23.8 Å². The molecular weight excluding hydrogens is 264 g/mol. The van der Waals surface area contributed by atoms with Crippen LogP contribution in [0.3, 0.4) is 0 Å². The zero-order chi connectivity index (χ0) is 14.1. The van der Waals surface area contributed by atoms with Crippen LogP contribution in [-0.4, -0.2) is 50.1 Å². The number of aliphatic hydroxyl groups is 1. The van der Waals surface area contributed by atoms with Crippen LogP contribution in [0, 0.1) is 6.92 Å². The number of β-amino-alcohol motifs (C(OH)–C–C–N with tert-alkyl or cyclic N) is 1. The van der Waals surface area contributed by atoms with E-state index in [0.29, 0.717) is 13.0 Å². The third kappa shape index (κ3) is 3.14. The lowest BCUT2D eigenvalue weighted by molar-refractivity contribution is 0.0462. The van der Waals surface area contributed by atoms with E-state index in [1.54, 1.807) is 24.3 Å². The smallest absolute Gasteiger partial charge is 0.242 e. The van der Waals surface area contributed by atoms with Crippen LogP contribution >= 0.6 is 0 Å². The van der Waals surface area contributed by atoms with Crippen molar-refractivity contribution in [1.82, 2.24) is 9.62 Å². The maximum Gasteiger partial charge on any atom is 0.242 e. The fraction of sp³-hybridized carbons (Fsp3) is 0.538. The largest absolute Gasteiger partial charge is 0.387 e. The predicted molar refractivity (Wildman–Crippen MR) is 73.4 cm³/mol. The molecule has 1 atom stereocenters. The highest BCUT2D eigenvalue weighted by Crippen LogP contribution is 2.20. The van der Waals surface area contributed by atoms with E-state index in [4.69, 9.17) is 0 Å². The molecule has 1 aromatic carbocycles. The average molecular weight is 284 g/mol. The Kier molecular flexibility index (Phi) is 3.96. The van der Waals surface area contributed by atoms with Crippen LogP contribution in [0.4, 0.5) is 0 Å². The molecule has 0 saturated carbocycles. The summed E-state index contributed by atoms with van der Waals surface area (Å²) in [6.07, 6.45) is 0.570. The van der Waals surface area contributed by atoms with Gasteiger partial charge in [-0.25, -0.2) is 8.42 Å². The van der Waals surface area contributed by atoms with E-state index in [1.165, 1.54) is 11.4 Å². The molecule has 1 saturated heterocycles. The van der Waals surface area contributed by atoms with Crippen LogP contribution in [0.15, 0.2) is 29.2 Å². The minimum Gasteiger partial charge on any atom is -0.387 e. The number of benzene rings is 1. The zero-order valence-corrected chi connectivity index (χ0v) is 12.1. The molecule has 106 valence electrons. The van der Waals surface area contributed by atoms with Crippen LogP contribution in [0.1, 0.15) is 12.0 Å². The number of hydrogen-bond donors (Lipinski definition) is 2. The van der Waals surface area contributed by atoms with Gasteiger partial charge in [0.15, 0.2) is 0 Å². The second-order valence-corrected chi connectivity index (χ2v) is 7.27. The van der Waals surface area contributed by atoms with Crippen LogP contribution in [0.2, 0.25) is 0 Å². The molecule has 1 unspecified atom stereocenters. The Hall–Kier alpha value is -0.950. The molecule has 0 aromatic heterocycles. The molecule has 1 fully saturated rings. The Balaban J connectivity index is 2.17. The van der Waals surface area contributed by atoms with Crippen LogP contribution in [0.5, 0.6) is 0 Å². The summed E-state index contributed by atoms with van der Waals surface area (Å²) in [6, 6.07) is 6.73. The predicted octanol–water partition coefficient (Wildman–Crippen LogP) is 0.340. The highest BCUT2D eigenvalue weighted by Gasteiger charge is 2.35. The molecule has 2 N–H and O–H groups in total. The molecule has 5 nitrogen and oxygen atoms in total. The summed E-state index contributed by atoms with van der Waals surface area (Å²) in [6.45, 7) is 3.17. The van der Waals surface area contributed by atoms with Gasteiger partial charge in [0, 0.05) is 20.1 Å². The molecule has 2 rings (SSSR count). The first-order valence-electron chi connectivity index (χ1n) is 6.30. The second kappa shape index (κ2) is 5.20. The van der Waals surface area contributed by atoms with Gasteiger partial charge in [-0.2, -0.15) is 4.31 Å². The Labute approximate surface area is 114 Å². The maximum atomic E-state index is 12.4. The molecule has 1 aliphatic rings. The van der Waals surface area contributed by atoms with Crippen molar-refractivity contribution in [2.75, 3.05) is 26.7 Å². The Morgan fingerprint density at radius 3 is 2.53 bits per heavy atom. The summed E-state index contributed by atoms with van der Waals surface area (Å²) in [7, 11) is -2.03. The van der Waals surface area contributed by atoms with E-state index in [0.717, 1.165) is 12.1 Å². The van der Waals surface area contributed by atoms with Crippen molar-refractivity contribution in [1.29, 1.82) is 0 Å². The van der Waals surface area contributed by atoms with Crippen LogP contribution in [0.25, 0.3) is 0 Å². The first-order chi connectivity index (χ1) is 8.83. The van der Waals surface area contributed by atoms with Gasteiger partial charge in [0.2, 0.25) is 10.0 Å². The van der Waals surface area contributed by atoms with Gasteiger partial charge in [-0.3, -0.25) is 0 Å². The van der Waals surface area contributed by atoms with E-state index in [9.17, 15) is 13.5 Å². The van der Waals surface area contributed by atoms with E-state index >= 15 is 0 Å². The standard InChI is InChI=1S/C13H20N2O3S/c1-11-3-5-12(6-4-11)19(17,18)15(2)10-13(16)7-8-14-9-13/h3-6,14,16H,7-10H2,1-2H3. The van der Waals surface area contributed by atoms with E-state index < -0.39 is 15.6 Å². The van der Waals surface area contributed by atoms with Crippen molar-refractivity contribution in [3.63, 3.8) is 0 Å². The fourth-order valence-electron chi connectivity index (χ4n) is 2.26. The lowest BCUT2D eigenvalue weighted by atomic mass is 10.0. The number of aryl methyl sites for hydroxylation is 1. The van der Waals surface area contributed by atoms with Crippen LogP contribution < -0.4 is 5.32 Å². The summed E-state index contributed by atoms with van der Waals surface area (Å²) < 4.78 is 26.0. The minimum atomic E-state index is -3.54. The number of nitrogens with zero attached hydrogens (tertiary/aromatic N) is 1. The van der Waals surface area contributed by atoms with Crippen molar-refractivity contribution >= 4 is 10.0 Å². The quantitative estimate of drug-likeness (QED) is 0.836. The van der Waals surface area contributed by atoms with Gasteiger partial charge in [0.05, 0.1) is 10.5 Å². The summed E-state index contributed by atoms with van der Waals surface area (Å²) in [5, 5.41) is 13.3. The Morgan fingerprint density at radius 2 is 2.00 bits per heavy atom. The van der Waals surface area contributed by atoms with Crippen LogP contribution in [-0.2, 0) is 10.0 Å². The molecule has 19 heavy (non-hydrogen) atoms. The van der Waals surface area contributed by atoms with E-state index in [2.05, 4.69) is 5.32 Å².